The van der Waals surface area contributed by atoms with Crippen LogP contribution >= 0.6 is 11.6 Å². The molecule has 1 heterocycles. The number of methoxy groups -OCH3 is 1. The molecule has 0 fully saturated rings. The van der Waals surface area contributed by atoms with Crippen LogP contribution in [0.4, 0.5) is 5.82 Å². The van der Waals surface area contributed by atoms with E-state index in [9.17, 15) is 9.90 Å². The predicted octanol–water partition coefficient (Wildman–Crippen LogP) is 1.25. The summed E-state index contributed by atoms with van der Waals surface area (Å²) in [5, 5.41) is 12.9. The van der Waals surface area contributed by atoms with Gasteiger partial charge in [-0.05, 0) is 19.1 Å². The van der Waals surface area contributed by atoms with Crippen LogP contribution in [0.25, 0.3) is 0 Å². The van der Waals surface area contributed by atoms with Gasteiger partial charge in [0, 0.05) is 27.2 Å². The van der Waals surface area contributed by atoms with Gasteiger partial charge in [-0.15, -0.1) is 0 Å². The first-order valence-corrected chi connectivity index (χ1v) is 6.70. The minimum Gasteiger partial charge on any atom is -0.389 e. The Kier molecular flexibility index (Phi) is 6.70. The number of amides is 1. The number of likely N-dealkylation sites (N-methyl/N-ethyl adjacent to an activating group) is 1. The van der Waals surface area contributed by atoms with Crippen LogP contribution in [0.1, 0.15) is 17.4 Å². The molecule has 7 heteroatoms. The average Bonchev–Trinajstić information content (AvgIpc) is 2.40. The Labute approximate surface area is 123 Å². The number of ether oxygens (including phenoxy) is 1. The Hall–Kier alpha value is -1.37. The minimum absolute atomic E-state index is 0.149. The molecule has 0 radical (unpaired) electrons. The molecule has 0 aliphatic rings. The number of aliphatic hydroxyl groups excluding tert-OH is 1. The lowest BCUT2D eigenvalue weighted by Crippen LogP contribution is -2.36. The van der Waals surface area contributed by atoms with Gasteiger partial charge in [0.1, 0.15) is 11.5 Å². The number of aliphatic hydroxyl groups is 1. The Morgan fingerprint density at radius 3 is 2.90 bits per heavy atom. The zero-order chi connectivity index (χ0) is 15.1. The standard InChI is InChI=1S/C13H20ClN3O3/c1-4-15-11-6-5-10(14)12(16-11)13(19)17(2)7-9(18)8-20-3/h5-6,9,18H,4,7-8H2,1-3H3,(H,15,16). The minimum atomic E-state index is -0.746. The molecule has 0 bridgehead atoms. The van der Waals surface area contributed by atoms with Crippen LogP contribution in [0.15, 0.2) is 12.1 Å². The normalized spacial score (nSPS) is 12.1. The van der Waals surface area contributed by atoms with Crippen LogP contribution in [-0.2, 0) is 4.74 Å². The fourth-order valence-corrected chi connectivity index (χ4v) is 1.88. The summed E-state index contributed by atoms with van der Waals surface area (Å²) in [6.45, 7) is 2.95. The van der Waals surface area contributed by atoms with E-state index in [1.807, 2.05) is 6.92 Å². The maximum absolute atomic E-state index is 12.3. The fourth-order valence-electron chi connectivity index (χ4n) is 1.70. The molecule has 0 saturated carbocycles. The second-order valence-corrected chi connectivity index (χ2v) is 4.76. The monoisotopic (exact) mass is 301 g/mol. The number of pyridine rings is 1. The number of nitrogens with zero attached hydrogens (tertiary/aromatic N) is 2. The number of rotatable bonds is 7. The van der Waals surface area contributed by atoms with Crippen molar-refractivity contribution in [2.24, 2.45) is 0 Å². The smallest absolute Gasteiger partial charge is 0.273 e. The van der Waals surface area contributed by atoms with E-state index in [0.717, 1.165) is 0 Å². The Morgan fingerprint density at radius 2 is 2.30 bits per heavy atom. The van der Waals surface area contributed by atoms with Gasteiger partial charge in [0.05, 0.1) is 17.7 Å². The lowest BCUT2D eigenvalue weighted by Gasteiger charge is -2.20. The molecule has 2 N–H and O–H groups in total. The summed E-state index contributed by atoms with van der Waals surface area (Å²) in [7, 11) is 3.07. The molecule has 20 heavy (non-hydrogen) atoms. The van der Waals surface area contributed by atoms with Crippen LogP contribution in [0.3, 0.4) is 0 Å². The van der Waals surface area contributed by atoms with E-state index in [2.05, 4.69) is 10.3 Å². The van der Waals surface area contributed by atoms with E-state index < -0.39 is 6.10 Å². The summed E-state index contributed by atoms with van der Waals surface area (Å²) in [4.78, 5) is 17.8. The third kappa shape index (κ3) is 4.63. The fraction of sp³-hybridized carbons (Fsp3) is 0.538. The maximum atomic E-state index is 12.3. The van der Waals surface area contributed by atoms with E-state index in [1.54, 1.807) is 19.2 Å². The molecule has 1 aromatic heterocycles. The molecule has 112 valence electrons. The van der Waals surface area contributed by atoms with Crippen LogP contribution < -0.4 is 5.32 Å². The molecule has 0 spiro atoms. The number of carbonyl (C=O) groups is 1. The van der Waals surface area contributed by atoms with Crippen molar-refractivity contribution < 1.29 is 14.6 Å². The first-order chi connectivity index (χ1) is 9.49. The van der Waals surface area contributed by atoms with Crippen molar-refractivity contribution in [3.8, 4) is 0 Å². The van der Waals surface area contributed by atoms with Gasteiger partial charge in [-0.25, -0.2) is 4.98 Å². The Morgan fingerprint density at radius 1 is 1.60 bits per heavy atom. The second kappa shape index (κ2) is 8.04. The average molecular weight is 302 g/mol. The highest BCUT2D eigenvalue weighted by atomic mass is 35.5. The van der Waals surface area contributed by atoms with Gasteiger partial charge < -0.3 is 20.1 Å². The molecule has 1 unspecified atom stereocenters. The molecule has 0 aromatic carbocycles. The van der Waals surface area contributed by atoms with Crippen molar-refractivity contribution in [3.63, 3.8) is 0 Å². The topological polar surface area (TPSA) is 74.7 Å². The number of halogens is 1. The third-order valence-electron chi connectivity index (χ3n) is 2.60. The van der Waals surface area contributed by atoms with E-state index >= 15 is 0 Å². The maximum Gasteiger partial charge on any atom is 0.273 e. The number of carbonyl (C=O) groups excluding carboxylic acids is 1. The van der Waals surface area contributed by atoms with Gasteiger partial charge in [-0.1, -0.05) is 11.6 Å². The molecule has 1 atom stereocenters. The molecule has 1 amide bonds. The lowest BCUT2D eigenvalue weighted by molar-refractivity contribution is 0.0378. The van der Waals surface area contributed by atoms with Crippen molar-refractivity contribution in [2.75, 3.05) is 39.2 Å². The molecule has 6 nitrogen and oxygen atoms in total. The summed E-state index contributed by atoms with van der Waals surface area (Å²) in [6.07, 6.45) is -0.746. The first-order valence-electron chi connectivity index (χ1n) is 6.32. The molecular formula is C13H20ClN3O3. The van der Waals surface area contributed by atoms with Crippen LogP contribution in [0.5, 0.6) is 0 Å². The number of aromatic nitrogens is 1. The van der Waals surface area contributed by atoms with E-state index in [1.165, 1.54) is 12.0 Å². The van der Waals surface area contributed by atoms with Gasteiger partial charge in [-0.2, -0.15) is 0 Å². The Bertz CT molecular complexity index is 456. The van der Waals surface area contributed by atoms with Crippen LogP contribution in [0, 0.1) is 0 Å². The molecule has 1 rings (SSSR count). The number of hydrogen-bond acceptors (Lipinski definition) is 5. The lowest BCUT2D eigenvalue weighted by atomic mass is 10.3. The number of nitrogens with one attached hydrogen (secondary N) is 1. The van der Waals surface area contributed by atoms with Gasteiger partial charge in [-0.3, -0.25) is 4.79 Å². The van der Waals surface area contributed by atoms with E-state index in [-0.39, 0.29) is 29.8 Å². The second-order valence-electron chi connectivity index (χ2n) is 4.35. The predicted molar refractivity (Wildman–Crippen MR) is 78.3 cm³/mol. The molecule has 0 saturated heterocycles. The largest absolute Gasteiger partial charge is 0.389 e. The zero-order valence-electron chi connectivity index (χ0n) is 11.9. The van der Waals surface area contributed by atoms with Crippen molar-refractivity contribution in [1.29, 1.82) is 0 Å². The zero-order valence-corrected chi connectivity index (χ0v) is 12.6. The van der Waals surface area contributed by atoms with Crippen molar-refractivity contribution >= 4 is 23.3 Å². The SMILES string of the molecule is CCNc1ccc(Cl)c(C(=O)N(C)CC(O)COC)n1. The third-order valence-corrected chi connectivity index (χ3v) is 2.90. The first kappa shape index (κ1) is 16.7. The highest BCUT2D eigenvalue weighted by Gasteiger charge is 2.19. The van der Waals surface area contributed by atoms with Gasteiger partial charge in [0.15, 0.2) is 0 Å². The van der Waals surface area contributed by atoms with Crippen molar-refractivity contribution in [2.45, 2.75) is 13.0 Å². The van der Waals surface area contributed by atoms with Gasteiger partial charge >= 0.3 is 0 Å². The van der Waals surface area contributed by atoms with Crippen molar-refractivity contribution in [1.82, 2.24) is 9.88 Å². The summed E-state index contributed by atoms with van der Waals surface area (Å²) >= 11 is 6.01. The summed E-state index contributed by atoms with van der Waals surface area (Å²) in [5.74, 6) is 0.246. The molecule has 1 aromatic rings. The van der Waals surface area contributed by atoms with E-state index in [0.29, 0.717) is 12.4 Å². The van der Waals surface area contributed by atoms with Gasteiger partial charge in [0.2, 0.25) is 0 Å². The van der Waals surface area contributed by atoms with Crippen LogP contribution in [-0.4, -0.2) is 60.9 Å². The molecule has 0 aliphatic carbocycles. The molecule has 0 aliphatic heterocycles. The van der Waals surface area contributed by atoms with E-state index in [4.69, 9.17) is 16.3 Å². The summed E-state index contributed by atoms with van der Waals surface area (Å²) in [5.41, 5.74) is 0.164. The van der Waals surface area contributed by atoms with Crippen LogP contribution in [0.2, 0.25) is 5.02 Å². The van der Waals surface area contributed by atoms with Gasteiger partial charge in [0.25, 0.3) is 5.91 Å². The Balaban J connectivity index is 2.82. The summed E-state index contributed by atoms with van der Waals surface area (Å²) < 4.78 is 4.83. The molecular weight excluding hydrogens is 282 g/mol. The highest BCUT2D eigenvalue weighted by Crippen LogP contribution is 2.18. The number of anilines is 1. The number of hydrogen-bond donors (Lipinski definition) is 2. The van der Waals surface area contributed by atoms with Crippen molar-refractivity contribution in [3.05, 3.63) is 22.8 Å². The quantitative estimate of drug-likeness (QED) is 0.793. The highest BCUT2D eigenvalue weighted by molar-refractivity contribution is 6.33. The summed E-state index contributed by atoms with van der Waals surface area (Å²) in [6, 6.07) is 3.33.